The summed E-state index contributed by atoms with van der Waals surface area (Å²) in [6.45, 7) is 4.31. The lowest BCUT2D eigenvalue weighted by Gasteiger charge is -1.90. The summed E-state index contributed by atoms with van der Waals surface area (Å²) in [6.07, 6.45) is 1.11. The van der Waals surface area contributed by atoms with Crippen LogP contribution in [0.3, 0.4) is 0 Å². The number of anilines is 1. The maximum atomic E-state index is 6.15. The number of hydrogen-bond acceptors (Lipinski definition) is 4. The van der Waals surface area contributed by atoms with Crippen LogP contribution in [0.25, 0.3) is 19.2 Å². The molecule has 86 valence electrons. The summed E-state index contributed by atoms with van der Waals surface area (Å²) in [7, 11) is 0. The first-order valence-corrected chi connectivity index (χ1v) is 8.00. The fourth-order valence-corrected chi connectivity index (χ4v) is 6.38. The van der Waals surface area contributed by atoms with Crippen LogP contribution in [-0.2, 0) is 6.42 Å². The maximum Gasteiger partial charge on any atom is 0.0693 e. The number of rotatable bonds is 0. The summed E-state index contributed by atoms with van der Waals surface area (Å²) in [4.78, 5) is 5.65. The van der Waals surface area contributed by atoms with Gasteiger partial charge in [0, 0.05) is 21.1 Å². The zero-order valence-corrected chi connectivity index (χ0v) is 12.0. The maximum absolute atomic E-state index is 6.15. The molecule has 0 saturated heterocycles. The van der Waals surface area contributed by atoms with Gasteiger partial charge in [-0.1, -0.05) is 0 Å². The topological polar surface area (TPSA) is 26.0 Å². The van der Waals surface area contributed by atoms with E-state index in [1.54, 1.807) is 0 Å². The first-order valence-electron chi connectivity index (χ1n) is 5.55. The molecule has 0 amide bonds. The summed E-state index contributed by atoms with van der Waals surface area (Å²) in [6, 6.07) is 2.34. The predicted molar refractivity (Wildman–Crippen MR) is 79.7 cm³/mol. The molecule has 1 aliphatic rings. The zero-order chi connectivity index (χ0) is 11.7. The van der Waals surface area contributed by atoms with Crippen LogP contribution in [0.1, 0.15) is 20.9 Å². The highest BCUT2D eigenvalue weighted by atomic mass is 32.1. The number of thiophene rings is 3. The van der Waals surface area contributed by atoms with Gasteiger partial charge in [0.25, 0.3) is 0 Å². The van der Waals surface area contributed by atoms with Crippen molar-refractivity contribution < 1.29 is 0 Å². The highest BCUT2D eigenvalue weighted by molar-refractivity contribution is 7.32. The fourth-order valence-electron chi connectivity index (χ4n) is 2.53. The highest BCUT2D eigenvalue weighted by Crippen LogP contribution is 2.53. The average molecular weight is 277 g/mol. The van der Waals surface area contributed by atoms with Crippen LogP contribution in [0.2, 0.25) is 0 Å². The van der Waals surface area contributed by atoms with Crippen LogP contribution < -0.4 is 5.73 Å². The Hall–Kier alpha value is -0.840. The third-order valence-electron chi connectivity index (χ3n) is 3.34. The van der Waals surface area contributed by atoms with Crippen molar-refractivity contribution in [2.75, 3.05) is 5.73 Å². The van der Waals surface area contributed by atoms with Gasteiger partial charge in [0.05, 0.1) is 20.0 Å². The van der Waals surface area contributed by atoms with Crippen LogP contribution >= 0.6 is 34.0 Å². The van der Waals surface area contributed by atoms with Crippen molar-refractivity contribution in [1.82, 2.24) is 0 Å². The van der Waals surface area contributed by atoms with Gasteiger partial charge >= 0.3 is 0 Å². The minimum Gasteiger partial charge on any atom is -0.397 e. The van der Waals surface area contributed by atoms with E-state index in [2.05, 4.69) is 19.9 Å². The quantitative estimate of drug-likeness (QED) is 0.491. The van der Waals surface area contributed by atoms with E-state index < -0.39 is 0 Å². The predicted octanol–water partition coefficient (Wildman–Crippen LogP) is 4.79. The van der Waals surface area contributed by atoms with Crippen molar-refractivity contribution in [3.05, 3.63) is 26.9 Å². The summed E-state index contributed by atoms with van der Waals surface area (Å²) in [5.74, 6) is 0. The average Bonchev–Trinajstić information content (AvgIpc) is 2.92. The third-order valence-corrected chi connectivity index (χ3v) is 7.18. The summed E-state index contributed by atoms with van der Waals surface area (Å²) in [5.41, 5.74) is 10.2. The number of fused-ring (bicyclic) bond motifs is 5. The van der Waals surface area contributed by atoms with E-state index >= 15 is 0 Å². The Morgan fingerprint density at radius 3 is 2.71 bits per heavy atom. The molecule has 4 rings (SSSR count). The van der Waals surface area contributed by atoms with E-state index in [-0.39, 0.29) is 0 Å². The molecule has 0 unspecified atom stereocenters. The Kier molecular flexibility index (Phi) is 1.86. The monoisotopic (exact) mass is 277 g/mol. The molecule has 0 fully saturated rings. The van der Waals surface area contributed by atoms with Gasteiger partial charge in [-0.3, -0.25) is 0 Å². The summed E-state index contributed by atoms with van der Waals surface area (Å²) >= 11 is 5.67. The molecule has 0 aromatic carbocycles. The molecule has 3 heterocycles. The number of aryl methyl sites for hydroxylation is 2. The molecule has 17 heavy (non-hydrogen) atoms. The van der Waals surface area contributed by atoms with Gasteiger partial charge in [-0.2, -0.15) is 0 Å². The molecule has 3 aromatic rings. The number of nitrogen functional groups attached to an aromatic ring is 1. The van der Waals surface area contributed by atoms with E-state index in [1.165, 1.54) is 40.0 Å². The van der Waals surface area contributed by atoms with Crippen molar-refractivity contribution in [3.63, 3.8) is 0 Å². The Bertz CT molecular complexity index is 757. The minimum atomic E-state index is 0.999. The molecule has 4 heteroatoms. The first kappa shape index (κ1) is 10.1. The third kappa shape index (κ3) is 1.18. The van der Waals surface area contributed by atoms with Gasteiger partial charge in [-0.25, -0.2) is 0 Å². The molecule has 1 aliphatic carbocycles. The number of hydrogen-bond donors (Lipinski definition) is 1. The van der Waals surface area contributed by atoms with Crippen molar-refractivity contribution in [2.45, 2.75) is 20.3 Å². The van der Waals surface area contributed by atoms with Gasteiger partial charge < -0.3 is 5.73 Å². The van der Waals surface area contributed by atoms with Crippen LogP contribution in [-0.4, -0.2) is 0 Å². The molecule has 1 nitrogen and oxygen atoms in total. The molecule has 2 N–H and O–H groups in total. The highest BCUT2D eigenvalue weighted by Gasteiger charge is 2.27. The lowest BCUT2D eigenvalue weighted by atomic mass is 10.2. The second-order valence-corrected chi connectivity index (χ2v) is 8.03. The van der Waals surface area contributed by atoms with Gasteiger partial charge in [0.1, 0.15) is 0 Å². The fraction of sp³-hybridized carbons (Fsp3) is 0.231. The molecule has 0 radical (unpaired) electrons. The van der Waals surface area contributed by atoms with E-state index in [4.69, 9.17) is 5.73 Å². The lowest BCUT2D eigenvalue weighted by Crippen LogP contribution is -1.81. The first-order chi connectivity index (χ1) is 8.15. The molecule has 0 bridgehead atoms. The molecule has 0 atom stereocenters. The molecule has 3 aromatic heterocycles. The smallest absolute Gasteiger partial charge is 0.0693 e. The Labute approximate surface area is 112 Å². The Balaban J connectivity index is 2.08. The Morgan fingerprint density at radius 1 is 1.06 bits per heavy atom. The van der Waals surface area contributed by atoms with Crippen molar-refractivity contribution in [1.29, 1.82) is 0 Å². The molecular weight excluding hydrogens is 266 g/mol. The van der Waals surface area contributed by atoms with E-state index in [9.17, 15) is 0 Å². The summed E-state index contributed by atoms with van der Waals surface area (Å²) < 4.78 is 2.75. The standard InChI is InChI=1S/C13H11NS3/c1-5-3-7-4-8-11(10(7)15-5)17-13-9(14)6(2)16-12(8)13/h3H,4,14H2,1-2H3. The normalized spacial score (nSPS) is 13.3. The molecular formula is C13H11NS3. The SMILES string of the molecule is Cc1cc2c(s1)-c1sc3c(N)c(C)sc3c1C2. The van der Waals surface area contributed by atoms with Crippen LogP contribution in [0.4, 0.5) is 5.69 Å². The zero-order valence-electron chi connectivity index (χ0n) is 9.59. The van der Waals surface area contributed by atoms with Crippen molar-refractivity contribution in [3.8, 4) is 9.75 Å². The lowest BCUT2D eigenvalue weighted by molar-refractivity contribution is 1.30. The van der Waals surface area contributed by atoms with E-state index in [0.29, 0.717) is 0 Å². The second kappa shape index (κ2) is 3.13. The Morgan fingerprint density at radius 2 is 1.88 bits per heavy atom. The van der Waals surface area contributed by atoms with Crippen molar-refractivity contribution >= 4 is 49.1 Å². The van der Waals surface area contributed by atoms with Crippen LogP contribution in [0, 0.1) is 13.8 Å². The second-order valence-electron chi connectivity index (χ2n) is 4.53. The van der Waals surface area contributed by atoms with Crippen molar-refractivity contribution in [2.24, 2.45) is 0 Å². The van der Waals surface area contributed by atoms with Gasteiger partial charge in [0.2, 0.25) is 0 Å². The van der Waals surface area contributed by atoms with E-state index in [1.807, 2.05) is 34.0 Å². The largest absolute Gasteiger partial charge is 0.397 e. The van der Waals surface area contributed by atoms with Crippen LogP contribution in [0.15, 0.2) is 6.07 Å². The van der Waals surface area contributed by atoms with Gasteiger partial charge in [-0.05, 0) is 31.0 Å². The molecule has 0 saturated carbocycles. The minimum absolute atomic E-state index is 0.999. The van der Waals surface area contributed by atoms with Crippen LogP contribution in [0.5, 0.6) is 0 Å². The van der Waals surface area contributed by atoms with Gasteiger partial charge in [-0.15, -0.1) is 34.0 Å². The molecule has 0 aliphatic heterocycles. The van der Waals surface area contributed by atoms with E-state index in [0.717, 1.165) is 12.1 Å². The summed E-state index contributed by atoms with van der Waals surface area (Å²) in [5, 5.41) is 0. The number of nitrogens with two attached hydrogens (primary N) is 1. The van der Waals surface area contributed by atoms with Gasteiger partial charge in [0.15, 0.2) is 0 Å². The molecule has 0 spiro atoms.